The number of hydrogen-bond acceptors (Lipinski definition) is 4. The molecule has 1 fully saturated rings. The molecule has 6 heteroatoms. The lowest BCUT2D eigenvalue weighted by Gasteiger charge is -2.35. The molecular formula is C22H28N4O2. The van der Waals surface area contributed by atoms with Crippen molar-refractivity contribution in [2.75, 3.05) is 38.1 Å². The number of aromatic nitrogens is 1. The number of nitrogens with zero attached hydrogens (tertiary/aromatic N) is 4. The average Bonchev–Trinajstić information content (AvgIpc) is 2.71. The molecular weight excluding hydrogens is 352 g/mol. The highest BCUT2D eigenvalue weighted by Crippen LogP contribution is 2.18. The minimum atomic E-state index is -0.0455. The Kier molecular flexibility index (Phi) is 5.97. The van der Waals surface area contributed by atoms with Gasteiger partial charge in [0.25, 0.3) is 5.91 Å². The summed E-state index contributed by atoms with van der Waals surface area (Å²) >= 11 is 0. The second-order valence-corrected chi connectivity index (χ2v) is 7.38. The van der Waals surface area contributed by atoms with E-state index in [4.69, 9.17) is 0 Å². The van der Waals surface area contributed by atoms with Gasteiger partial charge in [0.1, 0.15) is 5.82 Å². The highest BCUT2D eigenvalue weighted by Gasteiger charge is 2.25. The van der Waals surface area contributed by atoms with Crippen molar-refractivity contribution >= 4 is 17.6 Å². The van der Waals surface area contributed by atoms with Crippen LogP contribution in [-0.4, -0.2) is 59.8 Å². The minimum absolute atomic E-state index is 0.0455. The molecule has 1 saturated heterocycles. The first-order valence-electron chi connectivity index (χ1n) is 9.69. The second kappa shape index (κ2) is 8.42. The molecule has 0 saturated carbocycles. The number of carbonyl (C=O) groups is 2. The fraction of sp³-hybridized carbons (Fsp3) is 0.409. The number of benzene rings is 1. The van der Waals surface area contributed by atoms with E-state index in [0.29, 0.717) is 31.7 Å². The van der Waals surface area contributed by atoms with Gasteiger partial charge in [-0.2, -0.15) is 0 Å². The first-order chi connectivity index (χ1) is 13.4. The van der Waals surface area contributed by atoms with Gasteiger partial charge in [-0.15, -0.1) is 0 Å². The summed E-state index contributed by atoms with van der Waals surface area (Å²) in [7, 11) is 1.77. The van der Waals surface area contributed by atoms with Gasteiger partial charge in [0.2, 0.25) is 5.91 Å². The Hall–Kier alpha value is -2.89. The Balaban J connectivity index is 1.62. The van der Waals surface area contributed by atoms with Gasteiger partial charge in [0.05, 0.1) is 12.1 Å². The van der Waals surface area contributed by atoms with E-state index in [2.05, 4.69) is 37.0 Å². The van der Waals surface area contributed by atoms with Gasteiger partial charge in [0, 0.05) is 39.4 Å². The number of hydrogen-bond donors (Lipinski definition) is 0. The van der Waals surface area contributed by atoms with Crippen LogP contribution in [0.5, 0.6) is 0 Å². The standard InChI is InChI=1S/C22H28N4O2/c1-5-24(4)22(28)19-8-9-20(23-13-19)25-10-11-26(21(27)15-25)14-18-7-6-16(2)17(3)12-18/h6-9,12-13H,5,10-11,14-15H2,1-4H3. The molecule has 2 aromatic rings. The van der Waals surface area contributed by atoms with Gasteiger partial charge in [-0.05, 0) is 49.6 Å². The maximum Gasteiger partial charge on any atom is 0.255 e. The number of amides is 2. The van der Waals surface area contributed by atoms with Gasteiger partial charge in [-0.1, -0.05) is 18.2 Å². The summed E-state index contributed by atoms with van der Waals surface area (Å²) in [6.45, 7) is 9.10. The van der Waals surface area contributed by atoms with E-state index in [9.17, 15) is 9.59 Å². The summed E-state index contributed by atoms with van der Waals surface area (Å²) in [4.78, 5) is 34.7. The van der Waals surface area contributed by atoms with E-state index >= 15 is 0 Å². The van der Waals surface area contributed by atoms with Crippen molar-refractivity contribution in [1.82, 2.24) is 14.8 Å². The molecule has 0 spiro atoms. The van der Waals surface area contributed by atoms with Crippen LogP contribution in [0.1, 0.15) is 34.0 Å². The number of rotatable bonds is 5. The predicted octanol–water partition coefficient (Wildman–Crippen LogP) is 2.64. The summed E-state index contributed by atoms with van der Waals surface area (Å²) in [5.41, 5.74) is 4.23. The lowest BCUT2D eigenvalue weighted by Crippen LogP contribution is -2.50. The number of anilines is 1. The Morgan fingerprint density at radius 2 is 1.93 bits per heavy atom. The van der Waals surface area contributed by atoms with Crippen LogP contribution in [-0.2, 0) is 11.3 Å². The molecule has 3 rings (SSSR count). The smallest absolute Gasteiger partial charge is 0.255 e. The van der Waals surface area contributed by atoms with Gasteiger partial charge in [-0.3, -0.25) is 9.59 Å². The van der Waals surface area contributed by atoms with Crippen molar-refractivity contribution in [2.45, 2.75) is 27.3 Å². The Labute approximate surface area is 166 Å². The van der Waals surface area contributed by atoms with Gasteiger partial charge in [-0.25, -0.2) is 4.98 Å². The maximum absolute atomic E-state index is 12.6. The van der Waals surface area contributed by atoms with Crippen molar-refractivity contribution in [1.29, 1.82) is 0 Å². The first-order valence-corrected chi connectivity index (χ1v) is 9.69. The van der Waals surface area contributed by atoms with Crippen molar-refractivity contribution in [3.05, 3.63) is 58.8 Å². The molecule has 0 bridgehead atoms. The molecule has 148 valence electrons. The van der Waals surface area contributed by atoms with Crippen LogP contribution < -0.4 is 4.90 Å². The highest BCUT2D eigenvalue weighted by atomic mass is 16.2. The van der Waals surface area contributed by atoms with Gasteiger partial charge >= 0.3 is 0 Å². The van der Waals surface area contributed by atoms with E-state index in [1.807, 2.05) is 22.8 Å². The summed E-state index contributed by atoms with van der Waals surface area (Å²) in [6, 6.07) is 9.95. The molecule has 2 amide bonds. The van der Waals surface area contributed by atoms with Gasteiger partial charge < -0.3 is 14.7 Å². The molecule has 1 aromatic carbocycles. The molecule has 6 nitrogen and oxygen atoms in total. The minimum Gasteiger partial charge on any atom is -0.346 e. The summed E-state index contributed by atoms with van der Waals surface area (Å²) in [5.74, 6) is 0.780. The number of carbonyl (C=O) groups excluding carboxylic acids is 2. The van der Waals surface area contributed by atoms with Crippen LogP contribution >= 0.6 is 0 Å². The average molecular weight is 380 g/mol. The van der Waals surface area contributed by atoms with Gasteiger partial charge in [0.15, 0.2) is 0 Å². The van der Waals surface area contributed by atoms with E-state index < -0.39 is 0 Å². The largest absolute Gasteiger partial charge is 0.346 e. The fourth-order valence-electron chi connectivity index (χ4n) is 3.26. The van der Waals surface area contributed by atoms with Crippen LogP contribution in [0.4, 0.5) is 5.82 Å². The number of piperazine rings is 1. The van der Waals surface area contributed by atoms with Crippen LogP contribution in [0.15, 0.2) is 36.5 Å². The van der Waals surface area contributed by atoms with E-state index in [0.717, 1.165) is 17.9 Å². The molecule has 1 aliphatic rings. The molecule has 0 aliphatic carbocycles. The summed E-state index contributed by atoms with van der Waals surface area (Å²) in [5, 5.41) is 0. The molecule has 0 N–H and O–H groups in total. The normalized spacial score (nSPS) is 14.4. The van der Waals surface area contributed by atoms with E-state index in [1.54, 1.807) is 24.2 Å². The fourth-order valence-corrected chi connectivity index (χ4v) is 3.26. The highest BCUT2D eigenvalue weighted by molar-refractivity contribution is 5.94. The monoisotopic (exact) mass is 380 g/mol. The quantitative estimate of drug-likeness (QED) is 0.800. The van der Waals surface area contributed by atoms with Crippen molar-refractivity contribution in [2.24, 2.45) is 0 Å². The van der Waals surface area contributed by atoms with Crippen LogP contribution in [0, 0.1) is 13.8 Å². The first kappa shape index (κ1) is 19.9. The third kappa shape index (κ3) is 4.32. The zero-order valence-corrected chi connectivity index (χ0v) is 17.1. The lowest BCUT2D eigenvalue weighted by molar-refractivity contribution is -0.131. The summed E-state index contributed by atoms with van der Waals surface area (Å²) < 4.78 is 0. The predicted molar refractivity (Wildman–Crippen MR) is 110 cm³/mol. The Morgan fingerprint density at radius 3 is 2.54 bits per heavy atom. The zero-order valence-electron chi connectivity index (χ0n) is 17.1. The van der Waals surface area contributed by atoms with Crippen LogP contribution in [0.25, 0.3) is 0 Å². The lowest BCUT2D eigenvalue weighted by atomic mass is 10.1. The third-order valence-corrected chi connectivity index (χ3v) is 5.40. The number of pyridine rings is 1. The maximum atomic E-state index is 12.6. The molecule has 2 heterocycles. The van der Waals surface area contributed by atoms with Crippen molar-refractivity contribution in [3.63, 3.8) is 0 Å². The Morgan fingerprint density at radius 1 is 1.14 bits per heavy atom. The van der Waals surface area contributed by atoms with E-state index in [1.165, 1.54) is 11.1 Å². The Bertz CT molecular complexity index is 863. The topological polar surface area (TPSA) is 56.8 Å². The zero-order chi connectivity index (χ0) is 20.3. The summed E-state index contributed by atoms with van der Waals surface area (Å²) in [6.07, 6.45) is 1.59. The molecule has 1 aromatic heterocycles. The SMILES string of the molecule is CCN(C)C(=O)c1ccc(N2CCN(Cc3ccc(C)c(C)c3)C(=O)C2)nc1. The van der Waals surface area contributed by atoms with Crippen molar-refractivity contribution < 1.29 is 9.59 Å². The molecule has 1 aliphatic heterocycles. The van der Waals surface area contributed by atoms with Crippen LogP contribution in [0.3, 0.4) is 0 Å². The number of aryl methyl sites for hydroxylation is 2. The molecule has 28 heavy (non-hydrogen) atoms. The van der Waals surface area contributed by atoms with Crippen LogP contribution in [0.2, 0.25) is 0 Å². The molecule has 0 atom stereocenters. The molecule has 0 radical (unpaired) electrons. The van der Waals surface area contributed by atoms with E-state index in [-0.39, 0.29) is 11.8 Å². The third-order valence-electron chi connectivity index (χ3n) is 5.40. The second-order valence-electron chi connectivity index (χ2n) is 7.38. The molecule has 0 unspecified atom stereocenters. The van der Waals surface area contributed by atoms with Crippen molar-refractivity contribution in [3.8, 4) is 0 Å².